The fraction of sp³-hybridized carbons (Fsp3) is 0.368. The molecule has 0 aliphatic rings. The van der Waals surface area contributed by atoms with E-state index in [0.29, 0.717) is 17.3 Å². The third-order valence-electron chi connectivity index (χ3n) is 3.69. The first-order chi connectivity index (χ1) is 10.9. The van der Waals surface area contributed by atoms with Gasteiger partial charge >= 0.3 is 0 Å². The summed E-state index contributed by atoms with van der Waals surface area (Å²) in [7, 11) is 0. The summed E-state index contributed by atoms with van der Waals surface area (Å²) in [6.45, 7) is 6.90. The van der Waals surface area contributed by atoms with Gasteiger partial charge in [0.15, 0.2) is 5.78 Å². The minimum Gasteiger partial charge on any atom is -0.373 e. The number of rotatable bonds is 7. The Morgan fingerprint density at radius 2 is 2.04 bits per heavy atom. The second-order valence-corrected chi connectivity index (χ2v) is 6.87. The number of benzene rings is 1. The summed E-state index contributed by atoms with van der Waals surface area (Å²) >= 11 is 5.78. The Labute approximate surface area is 142 Å². The quantitative estimate of drug-likeness (QED) is 0.765. The molecule has 0 unspecified atom stereocenters. The summed E-state index contributed by atoms with van der Waals surface area (Å²) in [4.78, 5) is 16.1. The van der Waals surface area contributed by atoms with Crippen LogP contribution >= 0.6 is 11.6 Å². The van der Waals surface area contributed by atoms with Gasteiger partial charge in [-0.05, 0) is 24.6 Å². The van der Waals surface area contributed by atoms with Crippen LogP contribution in [-0.2, 0) is 21.4 Å². The van der Waals surface area contributed by atoms with Crippen LogP contribution in [0.5, 0.6) is 0 Å². The summed E-state index contributed by atoms with van der Waals surface area (Å²) < 4.78 is 5.65. The number of ketones is 1. The fourth-order valence-electron chi connectivity index (χ4n) is 2.33. The molecular formula is C19H22ClNO2. The van der Waals surface area contributed by atoms with Crippen LogP contribution in [0.15, 0.2) is 42.6 Å². The third kappa shape index (κ3) is 5.45. The van der Waals surface area contributed by atoms with E-state index in [-0.39, 0.29) is 24.2 Å². The molecule has 3 nitrogen and oxygen atoms in total. The van der Waals surface area contributed by atoms with Gasteiger partial charge in [0.25, 0.3) is 0 Å². The lowest BCUT2D eigenvalue weighted by Crippen LogP contribution is -2.26. The van der Waals surface area contributed by atoms with Crippen LogP contribution in [0.2, 0.25) is 5.02 Å². The number of nitrogens with zero attached hydrogens (tertiary/aromatic N) is 1. The molecule has 0 bridgehead atoms. The molecule has 23 heavy (non-hydrogen) atoms. The number of Topliss-reactive ketones (excluding diaryl/α,β-unsaturated/α-hetero) is 1. The lowest BCUT2D eigenvalue weighted by Gasteiger charge is -2.25. The van der Waals surface area contributed by atoms with Gasteiger partial charge in [0.1, 0.15) is 6.61 Å². The number of carbonyl (C=O) groups excluding carboxylic acids is 1. The molecule has 2 aromatic rings. The van der Waals surface area contributed by atoms with Gasteiger partial charge in [-0.1, -0.05) is 55.3 Å². The number of hydrogen-bond donors (Lipinski definition) is 0. The van der Waals surface area contributed by atoms with Crippen molar-refractivity contribution >= 4 is 17.4 Å². The Bertz CT molecular complexity index is 665. The Morgan fingerprint density at radius 1 is 1.26 bits per heavy atom. The Kier molecular flexibility index (Phi) is 5.91. The van der Waals surface area contributed by atoms with Gasteiger partial charge in [0, 0.05) is 17.3 Å². The summed E-state index contributed by atoms with van der Waals surface area (Å²) in [5, 5.41) is 0.567. The molecule has 0 aliphatic heterocycles. The third-order valence-corrected chi connectivity index (χ3v) is 3.92. The lowest BCUT2D eigenvalue weighted by molar-refractivity contribution is -0.123. The molecule has 2 rings (SSSR count). The predicted octanol–water partition coefficient (Wildman–Crippen LogP) is 4.15. The summed E-state index contributed by atoms with van der Waals surface area (Å²) in [5.41, 5.74) is 3.01. The molecule has 0 amide bonds. The van der Waals surface area contributed by atoms with Crippen LogP contribution in [0.3, 0.4) is 0 Å². The highest BCUT2D eigenvalue weighted by Gasteiger charge is 2.21. The van der Waals surface area contributed by atoms with Crippen LogP contribution < -0.4 is 0 Å². The molecule has 122 valence electrons. The maximum Gasteiger partial charge on any atom is 0.164 e. The molecule has 4 heteroatoms. The Hall–Kier alpha value is -1.71. The SMILES string of the molecule is Cc1cccc(C(C)(C)COCC(=O)Cc2ccc(Cl)cn2)c1. The van der Waals surface area contributed by atoms with Crippen molar-refractivity contribution in [2.75, 3.05) is 13.2 Å². The minimum absolute atomic E-state index is 0.0138. The first-order valence-electron chi connectivity index (χ1n) is 7.64. The molecule has 0 saturated carbocycles. The topological polar surface area (TPSA) is 39.2 Å². The van der Waals surface area contributed by atoms with Crippen molar-refractivity contribution in [3.63, 3.8) is 0 Å². The van der Waals surface area contributed by atoms with Crippen molar-refractivity contribution in [2.45, 2.75) is 32.6 Å². The van der Waals surface area contributed by atoms with E-state index in [1.807, 2.05) is 6.07 Å². The van der Waals surface area contributed by atoms with Gasteiger partial charge in [0.05, 0.1) is 18.1 Å². The van der Waals surface area contributed by atoms with E-state index >= 15 is 0 Å². The standard InChI is InChI=1S/C19H22ClNO2/c1-14-5-4-6-15(9-14)19(2,3)13-23-12-18(22)10-17-8-7-16(20)11-21-17/h4-9,11H,10,12-13H2,1-3H3. The zero-order valence-corrected chi connectivity index (χ0v) is 14.6. The van der Waals surface area contributed by atoms with Crippen molar-refractivity contribution < 1.29 is 9.53 Å². The summed E-state index contributed by atoms with van der Waals surface area (Å²) in [6.07, 6.45) is 1.81. The number of aryl methyl sites for hydroxylation is 1. The molecular weight excluding hydrogens is 310 g/mol. The highest BCUT2D eigenvalue weighted by molar-refractivity contribution is 6.30. The molecule has 1 aromatic carbocycles. The van der Waals surface area contributed by atoms with Crippen LogP contribution in [-0.4, -0.2) is 24.0 Å². The van der Waals surface area contributed by atoms with Crippen molar-refractivity contribution in [1.82, 2.24) is 4.98 Å². The van der Waals surface area contributed by atoms with Crippen LogP contribution in [0.4, 0.5) is 0 Å². The van der Waals surface area contributed by atoms with E-state index < -0.39 is 0 Å². The number of hydrogen-bond acceptors (Lipinski definition) is 3. The molecule has 0 saturated heterocycles. The van der Waals surface area contributed by atoms with Gasteiger partial charge < -0.3 is 4.74 Å². The second-order valence-electron chi connectivity index (χ2n) is 6.43. The first-order valence-corrected chi connectivity index (χ1v) is 8.02. The molecule has 0 N–H and O–H groups in total. The Morgan fingerprint density at radius 3 is 2.70 bits per heavy atom. The van der Waals surface area contributed by atoms with Crippen molar-refractivity contribution in [3.05, 3.63) is 64.4 Å². The predicted molar refractivity (Wildman–Crippen MR) is 93.0 cm³/mol. The van der Waals surface area contributed by atoms with Crippen LogP contribution in [0, 0.1) is 6.92 Å². The zero-order valence-electron chi connectivity index (χ0n) is 13.8. The Balaban J connectivity index is 1.83. The normalized spacial score (nSPS) is 11.5. The maximum absolute atomic E-state index is 12.0. The largest absolute Gasteiger partial charge is 0.373 e. The van der Waals surface area contributed by atoms with Gasteiger partial charge in [-0.15, -0.1) is 0 Å². The van der Waals surface area contributed by atoms with Gasteiger partial charge in [-0.3, -0.25) is 9.78 Å². The monoisotopic (exact) mass is 331 g/mol. The maximum atomic E-state index is 12.0. The average Bonchev–Trinajstić information content (AvgIpc) is 2.49. The van der Waals surface area contributed by atoms with Crippen molar-refractivity contribution in [3.8, 4) is 0 Å². The molecule has 0 radical (unpaired) electrons. The van der Waals surface area contributed by atoms with Crippen LogP contribution in [0.1, 0.15) is 30.7 Å². The fourth-order valence-corrected chi connectivity index (χ4v) is 2.45. The summed E-state index contributed by atoms with van der Waals surface area (Å²) in [6, 6.07) is 11.9. The highest BCUT2D eigenvalue weighted by Crippen LogP contribution is 2.24. The molecule has 0 spiro atoms. The number of pyridine rings is 1. The van der Waals surface area contributed by atoms with Gasteiger partial charge in [0.2, 0.25) is 0 Å². The molecule has 0 atom stereocenters. The number of aromatic nitrogens is 1. The van der Waals surface area contributed by atoms with Crippen molar-refractivity contribution in [2.24, 2.45) is 0 Å². The summed E-state index contributed by atoms with van der Waals surface area (Å²) in [5.74, 6) is 0.0138. The molecule has 1 aromatic heterocycles. The number of ether oxygens (including phenoxy) is 1. The second kappa shape index (κ2) is 7.71. The van der Waals surface area contributed by atoms with Gasteiger partial charge in [-0.2, -0.15) is 0 Å². The zero-order chi connectivity index (χ0) is 16.9. The molecule has 1 heterocycles. The number of carbonyl (C=O) groups is 1. The van der Waals surface area contributed by atoms with Crippen molar-refractivity contribution in [1.29, 1.82) is 0 Å². The minimum atomic E-state index is -0.134. The van der Waals surface area contributed by atoms with Gasteiger partial charge in [-0.25, -0.2) is 0 Å². The lowest BCUT2D eigenvalue weighted by atomic mass is 9.85. The van der Waals surface area contributed by atoms with E-state index in [1.165, 1.54) is 11.1 Å². The molecule has 0 aliphatic carbocycles. The van der Waals surface area contributed by atoms with E-state index in [2.05, 4.69) is 44.0 Å². The molecule has 0 fully saturated rings. The van der Waals surface area contributed by atoms with E-state index in [4.69, 9.17) is 16.3 Å². The number of halogens is 1. The van der Waals surface area contributed by atoms with E-state index in [9.17, 15) is 4.79 Å². The van der Waals surface area contributed by atoms with E-state index in [1.54, 1.807) is 18.3 Å². The average molecular weight is 332 g/mol. The highest BCUT2D eigenvalue weighted by atomic mass is 35.5. The first kappa shape index (κ1) is 17.6. The van der Waals surface area contributed by atoms with Crippen LogP contribution in [0.25, 0.3) is 0 Å². The smallest absolute Gasteiger partial charge is 0.164 e. The van der Waals surface area contributed by atoms with E-state index in [0.717, 1.165) is 0 Å².